The fraction of sp³-hybridized carbons (Fsp3) is 0.533. The molecule has 1 unspecified atom stereocenters. The van der Waals surface area contributed by atoms with Gasteiger partial charge in [-0.05, 0) is 24.5 Å². The van der Waals surface area contributed by atoms with Crippen molar-refractivity contribution in [2.75, 3.05) is 11.9 Å². The van der Waals surface area contributed by atoms with Crippen LogP contribution in [0.1, 0.15) is 33.0 Å². The summed E-state index contributed by atoms with van der Waals surface area (Å²) in [6.45, 7) is 6.33. The summed E-state index contributed by atoms with van der Waals surface area (Å²) in [5, 5.41) is 16.3. The van der Waals surface area contributed by atoms with E-state index in [0.29, 0.717) is 17.6 Å². The van der Waals surface area contributed by atoms with Crippen LogP contribution in [0.5, 0.6) is 0 Å². The predicted octanol–water partition coefficient (Wildman–Crippen LogP) is 2.51. The third-order valence-corrected chi connectivity index (χ3v) is 3.13. The smallest absolute Gasteiger partial charge is 0.259 e. The Hall–Kier alpha value is -1.95. The zero-order valence-corrected chi connectivity index (χ0v) is 12.7. The van der Waals surface area contributed by atoms with Crippen molar-refractivity contribution in [1.82, 2.24) is 15.1 Å². The quantitative estimate of drug-likeness (QED) is 0.815. The third kappa shape index (κ3) is 4.26. The Morgan fingerprint density at radius 2 is 2.14 bits per heavy atom. The zero-order valence-electron chi connectivity index (χ0n) is 12.7. The Labute approximate surface area is 124 Å². The predicted molar refractivity (Wildman–Crippen MR) is 80.9 cm³/mol. The molecule has 1 atom stereocenters. The van der Waals surface area contributed by atoms with Gasteiger partial charge in [-0.15, -0.1) is 0 Å². The lowest BCUT2D eigenvalue weighted by molar-refractivity contribution is 0.271. The normalized spacial score (nSPS) is 12.6. The van der Waals surface area contributed by atoms with Crippen molar-refractivity contribution in [2.45, 2.75) is 39.7 Å². The van der Waals surface area contributed by atoms with E-state index in [0.717, 1.165) is 24.2 Å². The Bertz CT molecular complexity index is 547. The van der Waals surface area contributed by atoms with Crippen molar-refractivity contribution in [2.24, 2.45) is 5.92 Å². The minimum Gasteiger partial charge on any atom is -0.394 e. The minimum atomic E-state index is 0.0180. The second kappa shape index (κ2) is 7.17. The zero-order chi connectivity index (χ0) is 15.2. The highest BCUT2D eigenvalue weighted by molar-refractivity contribution is 5.54. The van der Waals surface area contributed by atoms with Crippen LogP contribution in [0.4, 0.5) is 5.82 Å². The van der Waals surface area contributed by atoms with E-state index >= 15 is 0 Å². The van der Waals surface area contributed by atoms with Crippen LogP contribution in [0.2, 0.25) is 0 Å². The molecule has 2 N–H and O–H groups in total. The van der Waals surface area contributed by atoms with Crippen molar-refractivity contribution in [3.8, 4) is 11.5 Å². The molecule has 0 aliphatic rings. The van der Waals surface area contributed by atoms with Gasteiger partial charge in [0.1, 0.15) is 5.82 Å². The first kappa shape index (κ1) is 15.4. The number of nitrogens with one attached hydrogen (secondary N) is 1. The van der Waals surface area contributed by atoms with Gasteiger partial charge in [-0.25, -0.2) is 4.98 Å². The van der Waals surface area contributed by atoms with Crippen molar-refractivity contribution >= 4 is 5.82 Å². The number of rotatable bonds is 7. The molecule has 0 aromatic carbocycles. The summed E-state index contributed by atoms with van der Waals surface area (Å²) in [6.07, 6.45) is 3.33. The number of hydrogen-bond donors (Lipinski definition) is 2. The molecule has 2 heterocycles. The van der Waals surface area contributed by atoms with Gasteiger partial charge < -0.3 is 14.9 Å². The van der Waals surface area contributed by atoms with Crippen molar-refractivity contribution in [3.05, 3.63) is 24.2 Å². The maximum atomic E-state index is 9.17. The summed E-state index contributed by atoms with van der Waals surface area (Å²) < 4.78 is 5.25. The largest absolute Gasteiger partial charge is 0.394 e. The second-order valence-corrected chi connectivity index (χ2v) is 5.48. The van der Waals surface area contributed by atoms with Crippen LogP contribution in [0.15, 0.2) is 22.9 Å². The lowest BCUT2D eigenvalue weighted by Crippen LogP contribution is -2.23. The molecule has 0 amide bonds. The van der Waals surface area contributed by atoms with Crippen LogP contribution in [-0.2, 0) is 6.42 Å². The highest BCUT2D eigenvalue weighted by Crippen LogP contribution is 2.19. The molecule has 2 aromatic heterocycles. The first-order valence-corrected chi connectivity index (χ1v) is 7.28. The molecule has 0 saturated carbocycles. The van der Waals surface area contributed by atoms with Crippen LogP contribution < -0.4 is 5.32 Å². The number of aromatic nitrogens is 3. The van der Waals surface area contributed by atoms with E-state index in [4.69, 9.17) is 4.52 Å². The molecule has 6 nitrogen and oxygen atoms in total. The van der Waals surface area contributed by atoms with E-state index in [9.17, 15) is 5.11 Å². The van der Waals surface area contributed by atoms with Crippen LogP contribution in [0.3, 0.4) is 0 Å². The molecule has 2 aromatic rings. The summed E-state index contributed by atoms with van der Waals surface area (Å²) >= 11 is 0. The summed E-state index contributed by atoms with van der Waals surface area (Å²) in [4.78, 5) is 8.68. The fourth-order valence-corrected chi connectivity index (χ4v) is 1.91. The van der Waals surface area contributed by atoms with Crippen LogP contribution in [0.25, 0.3) is 11.5 Å². The first-order valence-electron chi connectivity index (χ1n) is 7.28. The standard InChI is InChI=1S/C15H22N4O2/c1-4-12(9-20)17-13-6-5-11(8-16-13)15-18-14(19-21-15)7-10(2)3/h5-6,8,10,12,20H,4,7,9H2,1-3H3,(H,16,17). The number of aliphatic hydroxyl groups excluding tert-OH is 1. The third-order valence-electron chi connectivity index (χ3n) is 3.13. The fourth-order valence-electron chi connectivity index (χ4n) is 1.91. The molecular formula is C15H22N4O2. The average molecular weight is 290 g/mol. The molecule has 0 fully saturated rings. The van der Waals surface area contributed by atoms with E-state index in [1.807, 2.05) is 19.1 Å². The maximum absolute atomic E-state index is 9.17. The van der Waals surface area contributed by atoms with Crippen molar-refractivity contribution in [3.63, 3.8) is 0 Å². The molecule has 114 valence electrons. The minimum absolute atomic E-state index is 0.0180. The van der Waals surface area contributed by atoms with Gasteiger partial charge in [0, 0.05) is 12.6 Å². The monoisotopic (exact) mass is 290 g/mol. The van der Waals surface area contributed by atoms with E-state index in [1.165, 1.54) is 0 Å². The average Bonchev–Trinajstić information content (AvgIpc) is 2.93. The van der Waals surface area contributed by atoms with Gasteiger partial charge in [-0.1, -0.05) is 25.9 Å². The van der Waals surface area contributed by atoms with E-state index < -0.39 is 0 Å². The van der Waals surface area contributed by atoms with Gasteiger partial charge in [0.25, 0.3) is 5.89 Å². The number of hydrogen-bond acceptors (Lipinski definition) is 6. The van der Waals surface area contributed by atoms with Crippen LogP contribution >= 0.6 is 0 Å². The van der Waals surface area contributed by atoms with Gasteiger partial charge in [0.2, 0.25) is 0 Å². The van der Waals surface area contributed by atoms with Crippen molar-refractivity contribution in [1.29, 1.82) is 0 Å². The maximum Gasteiger partial charge on any atom is 0.259 e. The molecule has 21 heavy (non-hydrogen) atoms. The van der Waals surface area contributed by atoms with Crippen LogP contribution in [0, 0.1) is 5.92 Å². The Kier molecular flexibility index (Phi) is 5.27. The van der Waals surface area contributed by atoms with Gasteiger partial charge >= 0.3 is 0 Å². The summed E-state index contributed by atoms with van der Waals surface area (Å²) in [7, 11) is 0. The Balaban J connectivity index is 2.06. The number of aliphatic hydroxyl groups is 1. The lowest BCUT2D eigenvalue weighted by Gasteiger charge is -2.14. The molecule has 0 bridgehead atoms. The van der Waals surface area contributed by atoms with Gasteiger partial charge in [-0.2, -0.15) is 4.98 Å². The van der Waals surface area contributed by atoms with Gasteiger partial charge in [0.05, 0.1) is 18.2 Å². The van der Waals surface area contributed by atoms with Gasteiger partial charge in [0.15, 0.2) is 5.82 Å². The summed E-state index contributed by atoms with van der Waals surface area (Å²) in [5.41, 5.74) is 0.792. The molecular weight excluding hydrogens is 268 g/mol. The highest BCUT2D eigenvalue weighted by Gasteiger charge is 2.11. The Morgan fingerprint density at radius 3 is 2.71 bits per heavy atom. The van der Waals surface area contributed by atoms with E-state index in [2.05, 4.69) is 34.3 Å². The summed E-state index contributed by atoms with van der Waals surface area (Å²) in [6, 6.07) is 3.75. The second-order valence-electron chi connectivity index (χ2n) is 5.48. The Morgan fingerprint density at radius 1 is 1.33 bits per heavy atom. The number of nitrogens with zero attached hydrogens (tertiary/aromatic N) is 3. The van der Waals surface area contributed by atoms with E-state index in [1.54, 1.807) is 6.20 Å². The highest BCUT2D eigenvalue weighted by atomic mass is 16.5. The summed E-state index contributed by atoms with van der Waals surface area (Å²) in [5.74, 6) is 2.42. The van der Waals surface area contributed by atoms with Gasteiger partial charge in [-0.3, -0.25) is 0 Å². The number of pyridine rings is 1. The topological polar surface area (TPSA) is 84.1 Å². The molecule has 6 heteroatoms. The first-order chi connectivity index (χ1) is 10.1. The molecule has 2 rings (SSSR count). The number of anilines is 1. The molecule has 0 aliphatic carbocycles. The molecule has 0 radical (unpaired) electrons. The van der Waals surface area contributed by atoms with E-state index in [-0.39, 0.29) is 12.6 Å². The lowest BCUT2D eigenvalue weighted by atomic mass is 10.1. The SMILES string of the molecule is CCC(CO)Nc1ccc(-c2nc(CC(C)C)no2)cn1. The van der Waals surface area contributed by atoms with Crippen LogP contribution in [-0.4, -0.2) is 32.9 Å². The molecule has 0 aliphatic heterocycles. The molecule has 0 saturated heterocycles. The molecule has 0 spiro atoms. The van der Waals surface area contributed by atoms with Crippen molar-refractivity contribution < 1.29 is 9.63 Å².